The van der Waals surface area contributed by atoms with E-state index < -0.39 is 4.77 Å². The van der Waals surface area contributed by atoms with Gasteiger partial charge in [0, 0.05) is 13.0 Å². The van der Waals surface area contributed by atoms with Crippen LogP contribution in [0.3, 0.4) is 0 Å². The van der Waals surface area contributed by atoms with Gasteiger partial charge in [-0.3, -0.25) is 0 Å². The maximum absolute atomic E-state index is 4.87. The van der Waals surface area contributed by atoms with Crippen molar-refractivity contribution in [1.29, 1.82) is 0 Å². The lowest BCUT2D eigenvalue weighted by Gasteiger charge is -2.12. The third-order valence-electron chi connectivity index (χ3n) is 1.70. The van der Waals surface area contributed by atoms with Gasteiger partial charge in [-0.2, -0.15) is 0 Å². The Morgan fingerprint density at radius 3 is 2.62 bits per heavy atom. The van der Waals surface area contributed by atoms with Crippen LogP contribution in [0.1, 0.15) is 20.3 Å². The first-order valence-electron chi connectivity index (χ1n) is 4.30. The zero-order valence-corrected chi connectivity index (χ0v) is 10.2. The highest BCUT2D eigenvalue weighted by molar-refractivity contribution is 7.98. The van der Waals surface area contributed by atoms with Gasteiger partial charge in [-0.05, 0) is 20.5 Å². The first kappa shape index (κ1) is 13.1. The van der Waals surface area contributed by atoms with Gasteiger partial charge >= 0.3 is 0 Å². The molecule has 0 bridgehead atoms. The van der Waals surface area contributed by atoms with E-state index in [9.17, 15) is 0 Å². The molecule has 0 atom stereocenters. The Hall–Kier alpha value is 0.130. The van der Waals surface area contributed by atoms with Crippen molar-refractivity contribution in [2.75, 3.05) is 20.1 Å². The van der Waals surface area contributed by atoms with Crippen LogP contribution in [0, 0.1) is 0 Å². The minimum Gasteiger partial charge on any atom is -0.371 e. The van der Waals surface area contributed by atoms with Gasteiger partial charge < -0.3 is 9.74 Å². The van der Waals surface area contributed by atoms with Crippen LogP contribution in [-0.4, -0.2) is 35.5 Å². The summed E-state index contributed by atoms with van der Waals surface area (Å²) in [5.41, 5.74) is 0.966. The van der Waals surface area contributed by atoms with Crippen LogP contribution in [0.2, 0.25) is 0 Å². The van der Waals surface area contributed by atoms with Crippen molar-refractivity contribution in [1.82, 2.24) is 4.90 Å². The van der Waals surface area contributed by atoms with Crippen molar-refractivity contribution in [3.05, 3.63) is 0 Å². The van der Waals surface area contributed by atoms with Gasteiger partial charge in [0.05, 0.1) is 5.71 Å². The number of thiol groups is 2. The van der Waals surface area contributed by atoms with E-state index in [-0.39, 0.29) is 0 Å². The Balaban J connectivity index is 3.60. The predicted octanol–water partition coefficient (Wildman–Crippen LogP) is 1.86. The lowest BCUT2D eigenvalue weighted by Crippen LogP contribution is -2.20. The number of nitrogens with zero attached hydrogens (tertiary/aromatic N) is 2. The molecule has 0 aliphatic heterocycles. The SMILES string of the molecule is CCN(C)CC/C(C)=N\OC(S)S. The Bertz CT molecular complexity index is 162. The van der Waals surface area contributed by atoms with Crippen LogP contribution in [0.25, 0.3) is 0 Å². The van der Waals surface area contributed by atoms with E-state index in [2.05, 4.69) is 49.3 Å². The fourth-order valence-corrected chi connectivity index (χ4v) is 0.788. The molecule has 0 aromatic carbocycles. The summed E-state index contributed by atoms with van der Waals surface area (Å²) in [6.07, 6.45) is 0.915. The quantitative estimate of drug-likeness (QED) is 0.310. The van der Waals surface area contributed by atoms with E-state index in [4.69, 9.17) is 4.84 Å². The Labute approximate surface area is 91.3 Å². The third kappa shape index (κ3) is 8.46. The molecule has 5 heteroatoms. The van der Waals surface area contributed by atoms with Gasteiger partial charge in [0.25, 0.3) is 0 Å². The number of oxime groups is 1. The first-order chi connectivity index (χ1) is 6.06. The van der Waals surface area contributed by atoms with Crippen LogP contribution >= 0.6 is 25.3 Å². The van der Waals surface area contributed by atoms with Crippen molar-refractivity contribution < 1.29 is 4.84 Å². The summed E-state index contributed by atoms with van der Waals surface area (Å²) in [5, 5.41) is 3.87. The Kier molecular flexibility index (Phi) is 7.60. The molecule has 0 amide bonds. The average molecular weight is 222 g/mol. The molecule has 0 N–H and O–H groups in total. The molecule has 0 spiro atoms. The number of hydrogen-bond donors (Lipinski definition) is 2. The molecule has 0 fully saturated rings. The molecule has 0 saturated carbocycles. The fraction of sp³-hybridized carbons (Fsp3) is 0.875. The van der Waals surface area contributed by atoms with Gasteiger partial charge in [-0.1, -0.05) is 12.1 Å². The van der Waals surface area contributed by atoms with Crippen molar-refractivity contribution >= 4 is 31.0 Å². The highest BCUT2D eigenvalue weighted by Gasteiger charge is 1.98. The first-order valence-corrected chi connectivity index (χ1v) is 5.33. The molecule has 3 nitrogen and oxygen atoms in total. The lowest BCUT2D eigenvalue weighted by atomic mass is 10.3. The Morgan fingerprint density at radius 2 is 2.15 bits per heavy atom. The lowest BCUT2D eigenvalue weighted by molar-refractivity contribution is 0.176. The molecular formula is C8H18N2OS2. The minimum absolute atomic E-state index is 0.432. The second kappa shape index (κ2) is 7.53. The highest BCUT2D eigenvalue weighted by atomic mass is 32.2. The van der Waals surface area contributed by atoms with Gasteiger partial charge in [0.1, 0.15) is 0 Å². The molecule has 0 radical (unpaired) electrons. The van der Waals surface area contributed by atoms with Gasteiger partial charge in [-0.25, -0.2) is 0 Å². The van der Waals surface area contributed by atoms with Gasteiger partial charge in [0.15, 0.2) is 0 Å². The number of rotatable bonds is 6. The monoisotopic (exact) mass is 222 g/mol. The fourth-order valence-electron chi connectivity index (χ4n) is 0.694. The molecule has 0 aliphatic carbocycles. The van der Waals surface area contributed by atoms with Crippen LogP contribution < -0.4 is 0 Å². The molecule has 0 aliphatic rings. The molecule has 0 unspecified atom stereocenters. The molecular weight excluding hydrogens is 204 g/mol. The maximum Gasteiger partial charge on any atom is 0.213 e. The smallest absolute Gasteiger partial charge is 0.213 e. The summed E-state index contributed by atoms with van der Waals surface area (Å²) in [6, 6.07) is 0. The predicted molar refractivity (Wildman–Crippen MR) is 63.7 cm³/mol. The molecule has 0 saturated heterocycles. The average Bonchev–Trinajstić information content (AvgIpc) is 2.10. The Morgan fingerprint density at radius 1 is 1.54 bits per heavy atom. The van der Waals surface area contributed by atoms with E-state index in [1.807, 2.05) is 6.92 Å². The van der Waals surface area contributed by atoms with Crippen LogP contribution in [0.4, 0.5) is 0 Å². The van der Waals surface area contributed by atoms with Crippen LogP contribution in [-0.2, 0) is 4.84 Å². The zero-order valence-electron chi connectivity index (χ0n) is 8.40. The molecule has 13 heavy (non-hydrogen) atoms. The van der Waals surface area contributed by atoms with E-state index >= 15 is 0 Å². The largest absolute Gasteiger partial charge is 0.371 e. The van der Waals surface area contributed by atoms with Crippen LogP contribution in [0.15, 0.2) is 5.16 Å². The summed E-state index contributed by atoms with van der Waals surface area (Å²) in [5.74, 6) is 0. The summed E-state index contributed by atoms with van der Waals surface area (Å²) in [4.78, 5) is 7.09. The second-order valence-electron chi connectivity index (χ2n) is 2.90. The van der Waals surface area contributed by atoms with Gasteiger partial charge in [0.2, 0.25) is 4.77 Å². The van der Waals surface area contributed by atoms with E-state index in [1.54, 1.807) is 0 Å². The topological polar surface area (TPSA) is 24.8 Å². The minimum atomic E-state index is -0.432. The third-order valence-corrected chi connectivity index (χ3v) is 1.89. The van der Waals surface area contributed by atoms with E-state index in [0.29, 0.717) is 0 Å². The van der Waals surface area contributed by atoms with Crippen molar-refractivity contribution in [2.45, 2.75) is 25.0 Å². The van der Waals surface area contributed by atoms with Crippen molar-refractivity contribution in [3.8, 4) is 0 Å². The molecule has 0 aromatic heterocycles. The summed E-state index contributed by atoms with van der Waals surface area (Å²) < 4.78 is -0.432. The molecule has 0 aromatic rings. The zero-order chi connectivity index (χ0) is 10.3. The highest BCUT2D eigenvalue weighted by Crippen LogP contribution is 2.02. The summed E-state index contributed by atoms with van der Waals surface area (Å²) in [6.45, 7) is 6.11. The normalized spacial score (nSPS) is 12.7. The number of hydrogen-bond acceptors (Lipinski definition) is 5. The molecule has 0 rings (SSSR count). The summed E-state index contributed by atoms with van der Waals surface area (Å²) >= 11 is 7.85. The summed E-state index contributed by atoms with van der Waals surface area (Å²) in [7, 11) is 2.08. The van der Waals surface area contributed by atoms with E-state index in [1.165, 1.54) is 0 Å². The standard InChI is InChI=1S/C8H18N2OS2/c1-4-10(3)6-5-7(2)9-11-8(12)13/h8,12-13H,4-6H2,1-3H3/b9-7-. The van der Waals surface area contributed by atoms with Crippen molar-refractivity contribution in [2.24, 2.45) is 5.16 Å². The van der Waals surface area contributed by atoms with Crippen LogP contribution in [0.5, 0.6) is 0 Å². The molecule has 78 valence electrons. The molecule has 0 heterocycles. The van der Waals surface area contributed by atoms with Crippen molar-refractivity contribution in [3.63, 3.8) is 0 Å². The maximum atomic E-state index is 4.87. The van der Waals surface area contributed by atoms with E-state index in [0.717, 1.165) is 25.2 Å². The second-order valence-corrected chi connectivity index (χ2v) is 4.25. The van der Waals surface area contributed by atoms with Gasteiger partial charge in [-0.15, -0.1) is 25.3 Å².